The molecular weight excluding hydrogens is 272 g/mol. The molecule has 0 saturated heterocycles. The number of carbonyl (C=O) groups excluding carboxylic acids is 2. The second kappa shape index (κ2) is 6.88. The zero-order valence-electron chi connectivity index (χ0n) is 12.4. The Balaban J connectivity index is 2.61. The summed E-state index contributed by atoms with van der Waals surface area (Å²) in [4.78, 5) is 34.0. The van der Waals surface area contributed by atoms with Gasteiger partial charge < -0.3 is 15.7 Å². The van der Waals surface area contributed by atoms with Crippen molar-refractivity contribution in [3.05, 3.63) is 24.3 Å². The second-order valence-electron chi connectivity index (χ2n) is 5.39. The minimum Gasteiger partial charge on any atom is -0.481 e. The van der Waals surface area contributed by atoms with E-state index in [1.54, 1.807) is 31.2 Å². The van der Waals surface area contributed by atoms with Crippen molar-refractivity contribution < 1.29 is 19.5 Å². The van der Waals surface area contributed by atoms with Gasteiger partial charge in [-0.15, -0.1) is 0 Å². The maximum Gasteiger partial charge on any atom is 0.309 e. The highest BCUT2D eigenvalue weighted by molar-refractivity contribution is 5.95. The van der Waals surface area contributed by atoms with Crippen LogP contribution in [0.25, 0.3) is 0 Å². The van der Waals surface area contributed by atoms with Gasteiger partial charge in [-0.2, -0.15) is 0 Å². The van der Waals surface area contributed by atoms with E-state index in [-0.39, 0.29) is 18.2 Å². The van der Waals surface area contributed by atoms with Gasteiger partial charge in [-0.1, -0.05) is 6.92 Å². The summed E-state index contributed by atoms with van der Waals surface area (Å²) >= 11 is 0. The van der Waals surface area contributed by atoms with Crippen LogP contribution < -0.4 is 10.6 Å². The molecule has 3 N–H and O–H groups in total. The van der Waals surface area contributed by atoms with E-state index in [2.05, 4.69) is 10.6 Å². The Morgan fingerprint density at radius 2 is 1.43 bits per heavy atom. The van der Waals surface area contributed by atoms with Crippen molar-refractivity contribution in [1.29, 1.82) is 0 Å². The van der Waals surface area contributed by atoms with Gasteiger partial charge in [-0.3, -0.25) is 14.4 Å². The number of carbonyl (C=O) groups is 3. The molecule has 6 nitrogen and oxygen atoms in total. The van der Waals surface area contributed by atoms with Crippen LogP contribution in [0.5, 0.6) is 0 Å². The third kappa shape index (κ3) is 5.25. The SMILES string of the molecule is CCC(=O)Nc1ccc(NC(=O)CC(C)(C)C(=O)O)cc1. The molecule has 0 unspecified atom stereocenters. The first-order chi connectivity index (χ1) is 9.74. The van der Waals surface area contributed by atoms with Gasteiger partial charge in [0, 0.05) is 24.2 Å². The van der Waals surface area contributed by atoms with Crippen molar-refractivity contribution in [2.45, 2.75) is 33.6 Å². The van der Waals surface area contributed by atoms with Crippen LogP contribution in [-0.2, 0) is 14.4 Å². The summed E-state index contributed by atoms with van der Waals surface area (Å²) in [5.74, 6) is -1.47. The average Bonchev–Trinajstić information content (AvgIpc) is 2.40. The fraction of sp³-hybridized carbons (Fsp3) is 0.400. The maximum atomic E-state index is 11.8. The predicted molar refractivity (Wildman–Crippen MR) is 80.0 cm³/mol. The molecule has 6 heteroatoms. The summed E-state index contributed by atoms with van der Waals surface area (Å²) in [5.41, 5.74) is 0.0838. The Morgan fingerprint density at radius 3 is 1.81 bits per heavy atom. The number of carboxylic acid groups (broad SMARTS) is 1. The molecule has 0 aromatic heterocycles. The number of aliphatic carboxylic acids is 1. The van der Waals surface area contributed by atoms with Crippen LogP contribution in [0.3, 0.4) is 0 Å². The number of hydrogen-bond acceptors (Lipinski definition) is 3. The maximum absolute atomic E-state index is 11.8. The van der Waals surface area contributed by atoms with Crippen LogP contribution >= 0.6 is 0 Å². The fourth-order valence-corrected chi connectivity index (χ4v) is 1.57. The van der Waals surface area contributed by atoms with Gasteiger partial charge in [0.05, 0.1) is 5.41 Å². The first-order valence-electron chi connectivity index (χ1n) is 6.68. The highest BCUT2D eigenvalue weighted by Gasteiger charge is 2.30. The van der Waals surface area contributed by atoms with E-state index in [1.165, 1.54) is 13.8 Å². The van der Waals surface area contributed by atoms with Crippen molar-refractivity contribution in [2.75, 3.05) is 10.6 Å². The minimum absolute atomic E-state index is 0.0880. The molecule has 0 radical (unpaired) electrons. The van der Waals surface area contributed by atoms with Gasteiger partial charge in [0.25, 0.3) is 0 Å². The third-order valence-electron chi connectivity index (χ3n) is 2.95. The lowest BCUT2D eigenvalue weighted by atomic mass is 9.89. The Morgan fingerprint density at radius 1 is 1.00 bits per heavy atom. The number of hydrogen-bond donors (Lipinski definition) is 3. The van der Waals surface area contributed by atoms with Crippen LogP contribution in [0.4, 0.5) is 11.4 Å². The van der Waals surface area contributed by atoms with Crippen molar-refractivity contribution in [2.24, 2.45) is 5.41 Å². The molecule has 1 rings (SSSR count). The topological polar surface area (TPSA) is 95.5 Å². The number of amides is 2. The summed E-state index contributed by atoms with van der Waals surface area (Å²) < 4.78 is 0. The van der Waals surface area contributed by atoms with Crippen LogP contribution in [0.1, 0.15) is 33.6 Å². The Bertz CT molecular complexity index is 535. The lowest BCUT2D eigenvalue weighted by molar-refractivity contribution is -0.148. The van der Waals surface area contributed by atoms with Gasteiger partial charge in [-0.05, 0) is 38.1 Å². The Hall–Kier alpha value is -2.37. The highest BCUT2D eigenvalue weighted by Crippen LogP contribution is 2.22. The summed E-state index contributed by atoms with van der Waals surface area (Å²) in [6, 6.07) is 6.64. The van der Waals surface area contributed by atoms with Gasteiger partial charge in [0.15, 0.2) is 0 Å². The lowest BCUT2D eigenvalue weighted by Gasteiger charge is -2.18. The Labute approximate surface area is 123 Å². The first-order valence-corrected chi connectivity index (χ1v) is 6.68. The summed E-state index contributed by atoms with van der Waals surface area (Å²) in [7, 11) is 0. The van der Waals surface area contributed by atoms with E-state index in [0.717, 1.165) is 0 Å². The van der Waals surface area contributed by atoms with Crippen molar-refractivity contribution in [3.8, 4) is 0 Å². The molecule has 0 aliphatic rings. The summed E-state index contributed by atoms with van der Waals surface area (Å²) in [6.07, 6.45) is 0.277. The molecule has 2 amide bonds. The molecule has 21 heavy (non-hydrogen) atoms. The Kier molecular flexibility index (Phi) is 5.46. The average molecular weight is 292 g/mol. The van der Waals surface area contributed by atoms with Crippen molar-refractivity contribution in [1.82, 2.24) is 0 Å². The molecule has 0 saturated carbocycles. The van der Waals surface area contributed by atoms with Gasteiger partial charge in [-0.25, -0.2) is 0 Å². The van der Waals surface area contributed by atoms with E-state index in [4.69, 9.17) is 5.11 Å². The molecule has 1 aromatic carbocycles. The standard InChI is InChI=1S/C15H20N2O4/c1-4-12(18)16-10-5-7-11(8-6-10)17-13(19)9-15(2,3)14(20)21/h5-8H,4,9H2,1-3H3,(H,16,18)(H,17,19)(H,20,21). The molecule has 0 atom stereocenters. The summed E-state index contributed by atoms with van der Waals surface area (Å²) in [5, 5.41) is 14.3. The molecule has 0 aliphatic heterocycles. The van der Waals surface area contributed by atoms with E-state index >= 15 is 0 Å². The molecule has 0 spiro atoms. The molecule has 1 aromatic rings. The number of rotatable bonds is 6. The van der Waals surface area contributed by atoms with E-state index < -0.39 is 11.4 Å². The van der Waals surface area contributed by atoms with Gasteiger partial charge in [0.1, 0.15) is 0 Å². The van der Waals surface area contributed by atoms with Crippen LogP contribution in [0.2, 0.25) is 0 Å². The summed E-state index contributed by atoms with van der Waals surface area (Å²) in [6.45, 7) is 4.75. The van der Waals surface area contributed by atoms with E-state index in [0.29, 0.717) is 17.8 Å². The zero-order chi connectivity index (χ0) is 16.0. The molecular formula is C15H20N2O4. The fourth-order valence-electron chi connectivity index (χ4n) is 1.57. The molecule has 114 valence electrons. The first kappa shape index (κ1) is 16.7. The van der Waals surface area contributed by atoms with Crippen LogP contribution in [0.15, 0.2) is 24.3 Å². The van der Waals surface area contributed by atoms with Gasteiger partial charge in [0.2, 0.25) is 11.8 Å². The monoisotopic (exact) mass is 292 g/mol. The predicted octanol–water partition coefficient (Wildman–Crippen LogP) is 2.47. The van der Waals surface area contributed by atoms with Crippen LogP contribution in [0, 0.1) is 5.41 Å². The quantitative estimate of drug-likeness (QED) is 0.750. The minimum atomic E-state index is -1.11. The third-order valence-corrected chi connectivity index (χ3v) is 2.95. The number of nitrogens with one attached hydrogen (secondary N) is 2. The molecule has 0 fully saturated rings. The number of carboxylic acids is 1. The zero-order valence-corrected chi connectivity index (χ0v) is 12.4. The number of benzene rings is 1. The van der Waals surface area contributed by atoms with Crippen molar-refractivity contribution in [3.63, 3.8) is 0 Å². The smallest absolute Gasteiger partial charge is 0.309 e. The lowest BCUT2D eigenvalue weighted by Crippen LogP contribution is -2.29. The van der Waals surface area contributed by atoms with Crippen LogP contribution in [-0.4, -0.2) is 22.9 Å². The normalized spacial score (nSPS) is 10.8. The number of anilines is 2. The highest BCUT2D eigenvalue weighted by atomic mass is 16.4. The molecule has 0 aliphatic carbocycles. The van der Waals surface area contributed by atoms with Crippen molar-refractivity contribution >= 4 is 29.2 Å². The second-order valence-corrected chi connectivity index (χ2v) is 5.39. The molecule has 0 bridgehead atoms. The van der Waals surface area contributed by atoms with E-state index in [1.807, 2.05) is 0 Å². The van der Waals surface area contributed by atoms with Gasteiger partial charge >= 0.3 is 5.97 Å². The molecule has 0 heterocycles. The van der Waals surface area contributed by atoms with E-state index in [9.17, 15) is 14.4 Å². The largest absolute Gasteiger partial charge is 0.481 e.